The van der Waals surface area contributed by atoms with Gasteiger partial charge in [-0.05, 0) is 56.1 Å². The zero-order valence-corrected chi connectivity index (χ0v) is 31.4. The highest BCUT2D eigenvalue weighted by molar-refractivity contribution is 7.20. The van der Waals surface area contributed by atoms with Gasteiger partial charge in [0.25, 0.3) is 0 Å². The van der Waals surface area contributed by atoms with Crippen LogP contribution < -0.4 is 20.7 Å². The van der Waals surface area contributed by atoms with Crippen LogP contribution in [0.1, 0.15) is 13.7 Å². The Kier molecular flexibility index (Phi) is 5.77. The molecule has 2 aromatic heterocycles. The minimum Gasteiger partial charge on any atom is -0.455 e. The molecule has 0 aliphatic carbocycles. The van der Waals surface area contributed by atoms with Crippen molar-refractivity contribution in [3.05, 3.63) is 224 Å². The fraction of sp³-hybridized carbons (Fsp3) is 0. The first-order valence-corrected chi connectivity index (χ1v) is 20.8. The SMILES string of the molecule is [2H]c1c([2H])c([2H])c(-c2cc([Si](c3ccccc3)(c3ccccc3)c3ccccc3)cc(-c3c([2H])c([2H])c([2H])c([2H])c3[2H])c2-n2c3ccccc3c3c4oc5ccccc5c4ccc32)c([2H])c1[2H]. The number of nitrogens with zero attached hydrogens (tertiary/aromatic N) is 1. The lowest BCUT2D eigenvalue weighted by atomic mass is 9.95. The highest BCUT2D eigenvalue weighted by Gasteiger charge is 2.42. The van der Waals surface area contributed by atoms with E-state index < -0.39 is 68.5 Å². The first-order chi connectivity index (χ1) is 32.4. The quantitative estimate of drug-likeness (QED) is 0.117. The lowest BCUT2D eigenvalue weighted by Gasteiger charge is -2.36. The summed E-state index contributed by atoms with van der Waals surface area (Å²) in [7, 11) is -3.58. The molecule has 0 N–H and O–H groups in total. The second-order valence-corrected chi connectivity index (χ2v) is 17.9. The summed E-state index contributed by atoms with van der Waals surface area (Å²) in [5, 5.41) is 6.89. The number of furan rings is 1. The third-order valence-electron chi connectivity index (χ3n) is 11.1. The number of aromatic nitrogens is 1. The fourth-order valence-corrected chi connectivity index (χ4v) is 13.6. The second-order valence-electron chi connectivity index (χ2n) is 14.1. The predicted molar refractivity (Wildman–Crippen MR) is 243 cm³/mol. The van der Waals surface area contributed by atoms with Crippen LogP contribution in [0, 0.1) is 0 Å². The summed E-state index contributed by atoms with van der Waals surface area (Å²) in [6, 6.07) is 48.2. The summed E-state index contributed by atoms with van der Waals surface area (Å²) in [4.78, 5) is 0. The van der Waals surface area contributed by atoms with Crippen molar-refractivity contribution in [3.8, 4) is 27.9 Å². The second kappa shape index (κ2) is 13.5. The number of para-hydroxylation sites is 2. The standard InChI is InChI=1S/C54H37NOSi/c1-6-20-38(21-7-1)47-36-43(57(40-24-10-3-11-25-40,41-26-12-4-13-27-41)42-28-14-5-15-29-42)37-48(39-22-8-2-9-23-39)53(47)55-49-32-18-16-31-46(49)52-50(55)35-34-45-44-30-17-19-33-51(44)56-54(45)52/h1-37H/i1D,2D,6D,7D,8D,9D,20D,21D,22D,23D. The molecule has 0 unspecified atom stereocenters. The molecule has 0 amide bonds. The van der Waals surface area contributed by atoms with Crippen molar-refractivity contribution >= 4 is 72.6 Å². The van der Waals surface area contributed by atoms with Crippen molar-refractivity contribution in [2.45, 2.75) is 0 Å². The zero-order chi connectivity index (χ0) is 46.5. The summed E-state index contributed by atoms with van der Waals surface area (Å²) < 4.78 is 101. The highest BCUT2D eigenvalue weighted by atomic mass is 28.3. The van der Waals surface area contributed by atoms with Crippen molar-refractivity contribution in [3.63, 3.8) is 0 Å². The Morgan fingerprint density at radius 1 is 0.421 bits per heavy atom. The maximum absolute atomic E-state index is 9.62. The van der Waals surface area contributed by atoms with Gasteiger partial charge in [-0.2, -0.15) is 0 Å². The van der Waals surface area contributed by atoms with Crippen molar-refractivity contribution in [2.75, 3.05) is 0 Å². The summed E-state index contributed by atoms with van der Waals surface area (Å²) in [6.07, 6.45) is 0. The maximum Gasteiger partial charge on any atom is 0.179 e. The maximum atomic E-state index is 9.62. The van der Waals surface area contributed by atoms with Gasteiger partial charge < -0.3 is 8.98 Å². The van der Waals surface area contributed by atoms with Gasteiger partial charge in [-0.25, -0.2) is 0 Å². The van der Waals surface area contributed by atoms with Crippen molar-refractivity contribution in [1.29, 1.82) is 0 Å². The van der Waals surface area contributed by atoms with Crippen molar-refractivity contribution in [1.82, 2.24) is 4.57 Å². The van der Waals surface area contributed by atoms with Gasteiger partial charge >= 0.3 is 0 Å². The minimum absolute atomic E-state index is 0.107. The van der Waals surface area contributed by atoms with Gasteiger partial charge in [0.2, 0.25) is 0 Å². The summed E-state index contributed by atoms with van der Waals surface area (Å²) in [5.41, 5.74) is 3.05. The average molecular weight is 754 g/mol. The first kappa shape index (κ1) is 24.3. The lowest BCUT2D eigenvalue weighted by Crippen LogP contribution is -2.74. The number of rotatable bonds is 7. The van der Waals surface area contributed by atoms with E-state index in [0.717, 1.165) is 37.1 Å². The molecular weight excluding hydrogens is 707 g/mol. The van der Waals surface area contributed by atoms with Gasteiger partial charge in [-0.15, -0.1) is 0 Å². The third kappa shape index (κ3) is 5.17. The van der Waals surface area contributed by atoms with E-state index in [-0.39, 0.29) is 27.9 Å². The molecular formula is C54H37NOSi. The van der Waals surface area contributed by atoms with Crippen LogP contribution in [0.4, 0.5) is 0 Å². The Labute approximate surface area is 346 Å². The number of hydrogen-bond acceptors (Lipinski definition) is 1. The number of hydrogen-bond donors (Lipinski definition) is 0. The van der Waals surface area contributed by atoms with Gasteiger partial charge in [-0.3, -0.25) is 0 Å². The number of benzene rings is 9. The van der Waals surface area contributed by atoms with E-state index in [2.05, 4.69) is 36.4 Å². The lowest BCUT2D eigenvalue weighted by molar-refractivity contribution is 0.673. The molecule has 11 aromatic rings. The molecule has 0 radical (unpaired) electrons. The van der Waals surface area contributed by atoms with Gasteiger partial charge in [-0.1, -0.05) is 200 Å². The predicted octanol–water partition coefficient (Wildman–Crippen LogP) is 11.4. The van der Waals surface area contributed by atoms with Gasteiger partial charge in [0, 0.05) is 27.3 Å². The van der Waals surface area contributed by atoms with Gasteiger partial charge in [0.15, 0.2) is 8.07 Å². The van der Waals surface area contributed by atoms with Crippen LogP contribution in [0.3, 0.4) is 0 Å². The molecule has 0 saturated carbocycles. The van der Waals surface area contributed by atoms with E-state index >= 15 is 0 Å². The Morgan fingerprint density at radius 2 is 0.912 bits per heavy atom. The molecule has 0 fully saturated rings. The van der Waals surface area contributed by atoms with E-state index in [4.69, 9.17) is 12.6 Å². The Hall–Kier alpha value is -7.20. The van der Waals surface area contributed by atoms with E-state index in [1.54, 1.807) is 0 Å². The van der Waals surface area contributed by atoms with E-state index in [9.17, 15) is 5.48 Å². The molecule has 57 heavy (non-hydrogen) atoms. The summed E-state index contributed by atoms with van der Waals surface area (Å²) in [5.74, 6) is 0. The average Bonchev–Trinajstić information content (AvgIpc) is 3.91. The fourth-order valence-electron chi connectivity index (χ4n) is 8.78. The first-order valence-electron chi connectivity index (χ1n) is 23.8. The summed E-state index contributed by atoms with van der Waals surface area (Å²) in [6.45, 7) is 0. The van der Waals surface area contributed by atoms with Gasteiger partial charge in [0.05, 0.1) is 35.8 Å². The monoisotopic (exact) mass is 753 g/mol. The molecule has 3 heteroatoms. The molecule has 0 spiro atoms. The smallest absolute Gasteiger partial charge is 0.179 e. The van der Waals surface area contributed by atoms with E-state index in [0.29, 0.717) is 27.4 Å². The normalized spacial score (nSPS) is 14.3. The van der Waals surface area contributed by atoms with Gasteiger partial charge in [0.1, 0.15) is 11.2 Å². The van der Waals surface area contributed by atoms with Crippen LogP contribution in [0.25, 0.3) is 71.7 Å². The molecule has 0 aliphatic rings. The van der Waals surface area contributed by atoms with Crippen molar-refractivity contribution in [2.24, 2.45) is 0 Å². The van der Waals surface area contributed by atoms with Crippen LogP contribution in [-0.2, 0) is 0 Å². The molecule has 2 heterocycles. The Bertz CT molecular complexity index is 3570. The number of fused-ring (bicyclic) bond motifs is 7. The topological polar surface area (TPSA) is 18.1 Å². The third-order valence-corrected chi connectivity index (χ3v) is 15.9. The molecule has 0 atom stereocenters. The molecule has 2 nitrogen and oxygen atoms in total. The van der Waals surface area contributed by atoms with Crippen LogP contribution >= 0.6 is 0 Å². The molecule has 0 saturated heterocycles. The highest BCUT2D eigenvalue weighted by Crippen LogP contribution is 2.44. The largest absolute Gasteiger partial charge is 0.455 e. The zero-order valence-electron chi connectivity index (χ0n) is 40.4. The Balaban J connectivity index is 1.44. The molecule has 0 aliphatic heterocycles. The van der Waals surface area contributed by atoms with Crippen LogP contribution in [0.2, 0.25) is 0 Å². The molecule has 0 bridgehead atoms. The van der Waals surface area contributed by atoms with E-state index in [1.165, 1.54) is 0 Å². The molecule has 268 valence electrons. The summed E-state index contributed by atoms with van der Waals surface area (Å²) >= 11 is 0. The van der Waals surface area contributed by atoms with Crippen LogP contribution in [-0.4, -0.2) is 12.6 Å². The molecule has 9 aromatic carbocycles. The Morgan fingerprint density at radius 3 is 1.47 bits per heavy atom. The van der Waals surface area contributed by atoms with Crippen LogP contribution in [0.15, 0.2) is 229 Å². The molecule has 11 rings (SSSR count). The minimum atomic E-state index is -3.58. The van der Waals surface area contributed by atoms with Crippen LogP contribution in [0.5, 0.6) is 0 Å². The van der Waals surface area contributed by atoms with Crippen molar-refractivity contribution < 1.29 is 18.1 Å². The van der Waals surface area contributed by atoms with E-state index in [1.807, 2.05) is 132 Å².